The molecule has 25 heavy (non-hydrogen) atoms. The highest BCUT2D eigenvalue weighted by Crippen LogP contribution is 2.29. The van der Waals surface area contributed by atoms with E-state index in [1.165, 1.54) is 10.9 Å². The summed E-state index contributed by atoms with van der Waals surface area (Å²) in [5, 5.41) is 18.0. The summed E-state index contributed by atoms with van der Waals surface area (Å²) in [6, 6.07) is 14.5. The van der Waals surface area contributed by atoms with Crippen LogP contribution in [0.3, 0.4) is 0 Å². The molecule has 0 bridgehead atoms. The summed E-state index contributed by atoms with van der Waals surface area (Å²) < 4.78 is 38.3. The zero-order valence-corrected chi connectivity index (χ0v) is 13.2. The number of aliphatic hydroxyl groups excluding tert-OH is 1. The van der Waals surface area contributed by atoms with Crippen LogP contribution in [0.5, 0.6) is 0 Å². The fourth-order valence-corrected chi connectivity index (χ4v) is 2.54. The SMILES string of the molecule is OCc1nn(CCc2cccc(C(F)(F)F)c2)nc1-c1ccccc1. The van der Waals surface area contributed by atoms with Gasteiger partial charge in [0.1, 0.15) is 11.4 Å². The molecular formula is C18H16F3N3O. The van der Waals surface area contributed by atoms with Gasteiger partial charge in [0.15, 0.2) is 0 Å². The van der Waals surface area contributed by atoms with Crippen molar-refractivity contribution >= 4 is 0 Å². The van der Waals surface area contributed by atoms with Crippen LogP contribution in [0, 0.1) is 0 Å². The number of benzene rings is 2. The zero-order chi connectivity index (χ0) is 17.9. The molecule has 0 amide bonds. The van der Waals surface area contributed by atoms with Gasteiger partial charge in [0, 0.05) is 5.56 Å². The van der Waals surface area contributed by atoms with Crippen molar-refractivity contribution in [3.05, 3.63) is 71.4 Å². The number of rotatable bonds is 5. The van der Waals surface area contributed by atoms with Crippen LogP contribution in [0.1, 0.15) is 16.8 Å². The predicted molar refractivity (Wildman–Crippen MR) is 86.5 cm³/mol. The van der Waals surface area contributed by atoms with E-state index in [9.17, 15) is 18.3 Å². The van der Waals surface area contributed by atoms with Crippen LogP contribution < -0.4 is 0 Å². The molecular weight excluding hydrogens is 331 g/mol. The first-order chi connectivity index (χ1) is 12.0. The van der Waals surface area contributed by atoms with Crippen LogP contribution in [0.2, 0.25) is 0 Å². The molecule has 1 aromatic heterocycles. The molecule has 2 aromatic carbocycles. The van der Waals surface area contributed by atoms with E-state index in [4.69, 9.17) is 0 Å². The highest BCUT2D eigenvalue weighted by atomic mass is 19.4. The quantitative estimate of drug-likeness (QED) is 0.766. The minimum absolute atomic E-state index is 0.256. The van der Waals surface area contributed by atoms with Crippen molar-refractivity contribution < 1.29 is 18.3 Å². The molecule has 0 aliphatic rings. The predicted octanol–water partition coefficient (Wildman–Crippen LogP) is 3.70. The summed E-state index contributed by atoms with van der Waals surface area (Å²) >= 11 is 0. The van der Waals surface area contributed by atoms with Crippen molar-refractivity contribution in [2.24, 2.45) is 0 Å². The van der Waals surface area contributed by atoms with Crippen LogP contribution in [-0.4, -0.2) is 20.1 Å². The Morgan fingerprint density at radius 2 is 1.72 bits per heavy atom. The number of alkyl halides is 3. The van der Waals surface area contributed by atoms with Gasteiger partial charge in [0.25, 0.3) is 0 Å². The Kier molecular flexibility index (Phi) is 4.85. The lowest BCUT2D eigenvalue weighted by molar-refractivity contribution is -0.137. The first kappa shape index (κ1) is 17.2. The van der Waals surface area contributed by atoms with E-state index in [0.29, 0.717) is 29.9 Å². The Hall–Kier alpha value is -2.67. The van der Waals surface area contributed by atoms with Gasteiger partial charge in [0.05, 0.1) is 18.7 Å². The van der Waals surface area contributed by atoms with Gasteiger partial charge in [-0.3, -0.25) is 0 Å². The van der Waals surface area contributed by atoms with E-state index in [0.717, 1.165) is 17.7 Å². The molecule has 0 saturated carbocycles. The molecule has 0 aliphatic heterocycles. The van der Waals surface area contributed by atoms with Crippen molar-refractivity contribution in [1.82, 2.24) is 15.0 Å². The summed E-state index contributed by atoms with van der Waals surface area (Å²) in [6.45, 7) is 0.0644. The monoisotopic (exact) mass is 347 g/mol. The standard InChI is InChI=1S/C18H16F3N3O/c19-18(20,21)15-8-4-5-13(11-15)9-10-24-22-16(12-25)17(23-24)14-6-2-1-3-7-14/h1-8,11,25H,9-10,12H2. The first-order valence-electron chi connectivity index (χ1n) is 7.74. The Morgan fingerprint density at radius 3 is 2.40 bits per heavy atom. The fourth-order valence-electron chi connectivity index (χ4n) is 2.54. The van der Waals surface area contributed by atoms with Crippen LogP contribution >= 0.6 is 0 Å². The van der Waals surface area contributed by atoms with Gasteiger partial charge in [0.2, 0.25) is 0 Å². The van der Waals surface area contributed by atoms with Crippen LogP contribution in [0.15, 0.2) is 54.6 Å². The number of hydrogen-bond donors (Lipinski definition) is 1. The maximum absolute atomic E-state index is 12.8. The normalized spacial score (nSPS) is 11.7. The number of nitrogens with zero attached hydrogens (tertiary/aromatic N) is 3. The number of aliphatic hydroxyl groups is 1. The second-order valence-corrected chi connectivity index (χ2v) is 5.56. The van der Waals surface area contributed by atoms with E-state index >= 15 is 0 Å². The van der Waals surface area contributed by atoms with Crippen molar-refractivity contribution in [2.45, 2.75) is 25.7 Å². The summed E-state index contributed by atoms with van der Waals surface area (Å²) in [4.78, 5) is 1.41. The molecule has 3 rings (SSSR count). The Balaban J connectivity index is 1.77. The van der Waals surface area contributed by atoms with E-state index < -0.39 is 11.7 Å². The van der Waals surface area contributed by atoms with E-state index in [1.807, 2.05) is 30.3 Å². The lowest BCUT2D eigenvalue weighted by atomic mass is 10.1. The number of hydrogen-bond acceptors (Lipinski definition) is 3. The van der Waals surface area contributed by atoms with Crippen LogP contribution in [0.25, 0.3) is 11.3 Å². The topological polar surface area (TPSA) is 50.9 Å². The molecule has 0 unspecified atom stereocenters. The molecule has 0 radical (unpaired) electrons. The molecule has 1 heterocycles. The van der Waals surface area contributed by atoms with Crippen molar-refractivity contribution in [3.63, 3.8) is 0 Å². The fraction of sp³-hybridized carbons (Fsp3) is 0.222. The highest BCUT2D eigenvalue weighted by Gasteiger charge is 2.30. The molecule has 0 aliphatic carbocycles. The zero-order valence-electron chi connectivity index (χ0n) is 13.2. The van der Waals surface area contributed by atoms with Crippen molar-refractivity contribution in [3.8, 4) is 11.3 Å². The van der Waals surface area contributed by atoms with E-state index in [2.05, 4.69) is 10.2 Å². The van der Waals surface area contributed by atoms with Crippen molar-refractivity contribution in [1.29, 1.82) is 0 Å². The Morgan fingerprint density at radius 1 is 0.960 bits per heavy atom. The summed E-state index contributed by atoms with van der Waals surface area (Å²) in [7, 11) is 0. The number of halogens is 3. The lowest BCUT2D eigenvalue weighted by Gasteiger charge is -2.08. The Labute approximate surface area is 142 Å². The minimum Gasteiger partial charge on any atom is -0.390 e. The van der Waals surface area contributed by atoms with Gasteiger partial charge in [-0.05, 0) is 18.1 Å². The molecule has 0 fully saturated rings. The molecule has 0 atom stereocenters. The number of aryl methyl sites for hydroxylation is 2. The minimum atomic E-state index is -4.36. The third-order valence-electron chi connectivity index (χ3n) is 3.78. The third-order valence-corrected chi connectivity index (χ3v) is 3.78. The largest absolute Gasteiger partial charge is 0.416 e. The third kappa shape index (κ3) is 4.06. The van der Waals surface area contributed by atoms with E-state index in [-0.39, 0.29) is 6.61 Å². The maximum Gasteiger partial charge on any atom is 0.416 e. The van der Waals surface area contributed by atoms with Gasteiger partial charge < -0.3 is 5.11 Å². The van der Waals surface area contributed by atoms with E-state index in [1.54, 1.807) is 6.07 Å². The Bertz CT molecular complexity index is 844. The average Bonchev–Trinajstić information content (AvgIpc) is 3.04. The molecule has 0 saturated heterocycles. The lowest BCUT2D eigenvalue weighted by Crippen LogP contribution is -2.08. The molecule has 4 nitrogen and oxygen atoms in total. The summed E-state index contributed by atoms with van der Waals surface area (Å²) in [6.07, 6.45) is -4.00. The summed E-state index contributed by atoms with van der Waals surface area (Å²) in [5.41, 5.74) is 1.73. The van der Waals surface area contributed by atoms with Gasteiger partial charge in [-0.15, -0.1) is 0 Å². The van der Waals surface area contributed by atoms with Gasteiger partial charge >= 0.3 is 6.18 Å². The average molecular weight is 347 g/mol. The molecule has 1 N–H and O–H groups in total. The molecule has 3 aromatic rings. The molecule has 7 heteroatoms. The second-order valence-electron chi connectivity index (χ2n) is 5.56. The van der Waals surface area contributed by atoms with Crippen molar-refractivity contribution in [2.75, 3.05) is 0 Å². The second kappa shape index (κ2) is 7.06. The number of aromatic nitrogens is 3. The maximum atomic E-state index is 12.8. The first-order valence-corrected chi connectivity index (χ1v) is 7.74. The van der Waals surface area contributed by atoms with Crippen LogP contribution in [-0.2, 0) is 25.7 Å². The highest BCUT2D eigenvalue weighted by molar-refractivity contribution is 5.60. The molecule has 0 spiro atoms. The smallest absolute Gasteiger partial charge is 0.390 e. The van der Waals surface area contributed by atoms with Gasteiger partial charge in [-0.1, -0.05) is 48.5 Å². The summed E-state index contributed by atoms with van der Waals surface area (Å²) in [5.74, 6) is 0. The van der Waals surface area contributed by atoms with Gasteiger partial charge in [-0.25, -0.2) is 0 Å². The molecule has 130 valence electrons. The van der Waals surface area contributed by atoms with Gasteiger partial charge in [-0.2, -0.15) is 28.2 Å². The van der Waals surface area contributed by atoms with Crippen LogP contribution in [0.4, 0.5) is 13.2 Å².